The third kappa shape index (κ3) is 2.50. The van der Waals surface area contributed by atoms with E-state index in [2.05, 4.69) is 17.2 Å². The number of amides is 1. The van der Waals surface area contributed by atoms with E-state index in [-0.39, 0.29) is 12.0 Å². The molecule has 1 heterocycles. The molecule has 1 aliphatic heterocycles. The molecule has 3 nitrogen and oxygen atoms in total. The summed E-state index contributed by atoms with van der Waals surface area (Å²) in [5.41, 5.74) is 0. The van der Waals surface area contributed by atoms with Crippen molar-refractivity contribution in [1.82, 2.24) is 0 Å². The molecule has 0 aromatic carbocycles. The summed E-state index contributed by atoms with van der Waals surface area (Å²) in [7, 11) is 0. The lowest BCUT2D eigenvalue weighted by Gasteiger charge is -2.18. The van der Waals surface area contributed by atoms with Crippen LogP contribution in [0.4, 0.5) is 0 Å². The molecule has 1 aliphatic rings. The van der Waals surface area contributed by atoms with Gasteiger partial charge in [-0.05, 0) is 31.5 Å². The van der Waals surface area contributed by atoms with E-state index in [4.69, 9.17) is 4.74 Å². The number of aliphatic imine (C=N–C) groups is 1. The van der Waals surface area contributed by atoms with Crippen LogP contribution in [0.2, 0.25) is 0 Å². The van der Waals surface area contributed by atoms with Crippen LogP contribution >= 0.6 is 12.2 Å². The Bertz CT molecular complexity index is 193. The Kier molecular flexibility index (Phi) is 3.36. The molecule has 11 heavy (non-hydrogen) atoms. The normalized spacial score (nSPS) is 23.8. The molecule has 4 heteroatoms. The number of carbonyl (C=O) groups excluding carboxylic acids is 1. The Morgan fingerprint density at radius 2 is 2.45 bits per heavy atom. The summed E-state index contributed by atoms with van der Waals surface area (Å²) in [4.78, 5) is 14.3. The van der Waals surface area contributed by atoms with Crippen molar-refractivity contribution in [3.63, 3.8) is 0 Å². The molecule has 0 radical (unpaired) electrons. The highest BCUT2D eigenvalue weighted by molar-refractivity contribution is 7.78. The van der Waals surface area contributed by atoms with Gasteiger partial charge in [-0.1, -0.05) is 0 Å². The molecule has 1 rings (SSSR count). The van der Waals surface area contributed by atoms with Crippen molar-refractivity contribution in [2.45, 2.75) is 25.4 Å². The van der Waals surface area contributed by atoms with Gasteiger partial charge in [0, 0.05) is 6.61 Å². The minimum absolute atomic E-state index is 0.292. The highest BCUT2D eigenvalue weighted by Gasteiger charge is 2.20. The SMILES string of the molecule is O=C(N=C=S)C1CCCCO1. The van der Waals surface area contributed by atoms with Crippen molar-refractivity contribution < 1.29 is 9.53 Å². The van der Waals surface area contributed by atoms with E-state index in [0.29, 0.717) is 6.61 Å². The third-order valence-corrected chi connectivity index (χ3v) is 1.70. The molecule has 0 bridgehead atoms. The zero-order valence-corrected chi connectivity index (χ0v) is 6.89. The minimum atomic E-state index is -0.362. The van der Waals surface area contributed by atoms with Gasteiger partial charge in [0.05, 0.1) is 5.16 Å². The molecule has 0 saturated carbocycles. The fourth-order valence-corrected chi connectivity index (χ4v) is 1.14. The fraction of sp³-hybridized carbons (Fsp3) is 0.714. The first-order valence-electron chi connectivity index (χ1n) is 3.58. The Morgan fingerprint density at radius 3 is 3.00 bits per heavy atom. The maximum atomic E-state index is 11.0. The number of thiocarbonyl (C=S) groups is 1. The smallest absolute Gasteiger partial charge is 0.283 e. The second-order valence-corrected chi connectivity index (χ2v) is 2.58. The lowest BCUT2D eigenvalue weighted by Crippen LogP contribution is -2.26. The highest BCUT2D eigenvalue weighted by Crippen LogP contribution is 2.13. The fourth-order valence-electron chi connectivity index (χ4n) is 1.05. The van der Waals surface area contributed by atoms with E-state index in [9.17, 15) is 4.79 Å². The predicted octanol–water partition coefficient (Wildman–Crippen LogP) is 1.18. The molecular formula is C7H9NO2S. The van der Waals surface area contributed by atoms with Gasteiger partial charge in [-0.3, -0.25) is 4.79 Å². The molecule has 1 saturated heterocycles. The van der Waals surface area contributed by atoms with E-state index in [0.717, 1.165) is 19.3 Å². The maximum Gasteiger partial charge on any atom is 0.283 e. The zero-order valence-electron chi connectivity index (χ0n) is 6.08. The first kappa shape index (κ1) is 8.53. The van der Waals surface area contributed by atoms with Gasteiger partial charge < -0.3 is 4.74 Å². The Morgan fingerprint density at radius 1 is 1.64 bits per heavy atom. The Labute approximate surface area is 70.5 Å². The van der Waals surface area contributed by atoms with Crippen molar-refractivity contribution in [2.75, 3.05) is 6.61 Å². The summed E-state index contributed by atoms with van der Waals surface area (Å²) >= 11 is 4.30. The number of ether oxygens (including phenoxy) is 1. The second-order valence-electron chi connectivity index (χ2n) is 2.40. The summed E-state index contributed by atoms with van der Waals surface area (Å²) < 4.78 is 5.16. The van der Waals surface area contributed by atoms with Gasteiger partial charge in [-0.25, -0.2) is 0 Å². The second kappa shape index (κ2) is 4.34. The van der Waals surface area contributed by atoms with Gasteiger partial charge in [0.15, 0.2) is 0 Å². The van der Waals surface area contributed by atoms with Crippen molar-refractivity contribution >= 4 is 23.3 Å². The van der Waals surface area contributed by atoms with Crippen LogP contribution < -0.4 is 0 Å². The minimum Gasteiger partial charge on any atom is -0.368 e. The molecule has 1 unspecified atom stereocenters. The lowest BCUT2D eigenvalue weighted by atomic mass is 10.1. The largest absolute Gasteiger partial charge is 0.368 e. The predicted molar refractivity (Wildman–Crippen MR) is 43.6 cm³/mol. The number of hydrogen-bond donors (Lipinski definition) is 0. The van der Waals surface area contributed by atoms with E-state index >= 15 is 0 Å². The van der Waals surface area contributed by atoms with E-state index in [1.807, 2.05) is 5.16 Å². The van der Waals surface area contributed by atoms with Gasteiger partial charge in [0.1, 0.15) is 6.10 Å². The number of hydrogen-bond acceptors (Lipinski definition) is 3. The first-order chi connectivity index (χ1) is 5.34. The number of isothiocyanates is 1. The van der Waals surface area contributed by atoms with Crippen molar-refractivity contribution in [2.24, 2.45) is 4.99 Å². The third-order valence-electron chi connectivity index (χ3n) is 1.61. The van der Waals surface area contributed by atoms with Crippen molar-refractivity contribution in [1.29, 1.82) is 0 Å². The Hall–Kier alpha value is -0.570. The van der Waals surface area contributed by atoms with Gasteiger partial charge >= 0.3 is 0 Å². The van der Waals surface area contributed by atoms with E-state index in [1.54, 1.807) is 0 Å². The van der Waals surface area contributed by atoms with E-state index in [1.165, 1.54) is 0 Å². The van der Waals surface area contributed by atoms with E-state index < -0.39 is 0 Å². The lowest BCUT2D eigenvalue weighted by molar-refractivity contribution is -0.131. The molecular weight excluding hydrogens is 162 g/mol. The van der Waals surface area contributed by atoms with Gasteiger partial charge in [0.2, 0.25) is 0 Å². The van der Waals surface area contributed by atoms with Crippen LogP contribution in [0.1, 0.15) is 19.3 Å². The average Bonchev–Trinajstić information content (AvgIpc) is 2.07. The van der Waals surface area contributed by atoms with Crippen molar-refractivity contribution in [3.05, 3.63) is 0 Å². The zero-order chi connectivity index (χ0) is 8.10. The monoisotopic (exact) mass is 171 g/mol. The molecule has 1 amide bonds. The van der Waals surface area contributed by atoms with Gasteiger partial charge in [-0.2, -0.15) is 4.99 Å². The van der Waals surface area contributed by atoms with Crippen LogP contribution in [-0.4, -0.2) is 23.8 Å². The molecule has 0 aromatic rings. The summed E-state index contributed by atoms with van der Waals surface area (Å²) in [6.45, 7) is 0.656. The molecule has 0 aliphatic carbocycles. The molecule has 0 aromatic heterocycles. The van der Waals surface area contributed by atoms with Crippen LogP contribution in [0.15, 0.2) is 4.99 Å². The van der Waals surface area contributed by atoms with Gasteiger partial charge in [-0.15, -0.1) is 0 Å². The molecule has 0 N–H and O–H groups in total. The highest BCUT2D eigenvalue weighted by atomic mass is 32.1. The Balaban J connectivity index is 2.44. The maximum absolute atomic E-state index is 11.0. The topological polar surface area (TPSA) is 38.7 Å². The van der Waals surface area contributed by atoms with Crippen LogP contribution in [0.5, 0.6) is 0 Å². The molecule has 1 atom stereocenters. The van der Waals surface area contributed by atoms with Gasteiger partial charge in [0.25, 0.3) is 5.91 Å². The number of carbonyl (C=O) groups is 1. The first-order valence-corrected chi connectivity index (χ1v) is 3.99. The quantitative estimate of drug-likeness (QED) is 0.439. The van der Waals surface area contributed by atoms with Crippen LogP contribution in [0, 0.1) is 0 Å². The average molecular weight is 171 g/mol. The van der Waals surface area contributed by atoms with Crippen LogP contribution in [0.25, 0.3) is 0 Å². The summed E-state index contributed by atoms with van der Waals surface area (Å²) in [6.07, 6.45) is 2.47. The van der Waals surface area contributed by atoms with Crippen LogP contribution in [-0.2, 0) is 9.53 Å². The van der Waals surface area contributed by atoms with Crippen LogP contribution in [0.3, 0.4) is 0 Å². The number of nitrogens with zero attached hydrogens (tertiary/aromatic N) is 1. The van der Waals surface area contributed by atoms with Crippen molar-refractivity contribution in [3.8, 4) is 0 Å². The summed E-state index contributed by atoms with van der Waals surface area (Å²) in [5.74, 6) is -0.292. The molecule has 60 valence electrons. The summed E-state index contributed by atoms with van der Waals surface area (Å²) in [6, 6.07) is 0. The standard InChI is InChI=1S/C7H9NO2S/c9-7(8-5-11)6-3-1-2-4-10-6/h6H,1-4H2. The molecule has 1 fully saturated rings. The number of rotatable bonds is 1. The molecule has 0 spiro atoms. The summed E-state index contributed by atoms with van der Waals surface area (Å²) in [5, 5.41) is 2.04.